The zero-order chi connectivity index (χ0) is 39.4. The van der Waals surface area contributed by atoms with Crippen molar-refractivity contribution in [2.45, 2.75) is 149 Å². The largest absolute Gasteiger partial charge is 0.490 e. The van der Waals surface area contributed by atoms with Crippen LogP contribution in [0.2, 0.25) is 0 Å². The van der Waals surface area contributed by atoms with Gasteiger partial charge in [0, 0.05) is 11.8 Å². The van der Waals surface area contributed by atoms with E-state index in [1.807, 2.05) is 6.92 Å². The van der Waals surface area contributed by atoms with Crippen molar-refractivity contribution in [3.63, 3.8) is 0 Å². The van der Waals surface area contributed by atoms with Crippen LogP contribution in [0.25, 0.3) is 0 Å². The van der Waals surface area contributed by atoms with E-state index in [1.54, 1.807) is 0 Å². The maximum absolute atomic E-state index is 13.4. The van der Waals surface area contributed by atoms with Crippen LogP contribution in [0.4, 0.5) is 0 Å². The lowest BCUT2D eigenvalue weighted by atomic mass is 10.0. The first-order valence-corrected chi connectivity index (χ1v) is 24.9. The Kier molecular flexibility index (Phi) is 22.3. The van der Waals surface area contributed by atoms with E-state index in [9.17, 15) is 42.5 Å². The molecule has 1 aliphatic heterocycles. The normalized spacial score (nSPS) is 20.5. The summed E-state index contributed by atoms with van der Waals surface area (Å²) in [4.78, 5) is 56.1. The number of aromatic nitrogens is 2. The van der Waals surface area contributed by atoms with Gasteiger partial charge in [-0.25, -0.2) is 22.8 Å². The van der Waals surface area contributed by atoms with E-state index in [0.717, 1.165) is 30.3 Å². The molecule has 21 heteroatoms. The average Bonchev–Trinajstić information content (AvgIpc) is 3.53. The Morgan fingerprint density at radius 1 is 0.679 bits per heavy atom. The van der Waals surface area contributed by atoms with Gasteiger partial charge in [-0.15, -0.1) is 0 Å². The van der Waals surface area contributed by atoms with E-state index in [1.165, 1.54) is 89.5 Å². The van der Waals surface area contributed by atoms with Crippen molar-refractivity contribution < 1.29 is 59.7 Å². The molecular formula is C32H60N2O15P4. The summed E-state index contributed by atoms with van der Waals surface area (Å²) in [6.07, 6.45) is 20.7. The molecule has 4 N–H and O–H groups in total. The van der Waals surface area contributed by atoms with Crippen LogP contribution in [0.5, 0.6) is 0 Å². The Hall–Kier alpha value is -1.02. The zero-order valence-corrected chi connectivity index (χ0v) is 34.8. The summed E-state index contributed by atoms with van der Waals surface area (Å²) in [5.74, 6) is 0. The number of aryl methyl sites for hydroxylation is 1. The topological polar surface area (TPSA) is 239 Å². The highest BCUT2D eigenvalue weighted by Gasteiger charge is 2.46. The molecule has 6 atom stereocenters. The highest BCUT2D eigenvalue weighted by molar-refractivity contribution is 7.70. The minimum absolute atomic E-state index is 0.0748. The maximum Gasteiger partial charge on any atom is 0.490 e. The van der Waals surface area contributed by atoms with Crippen LogP contribution in [0.1, 0.15) is 141 Å². The Labute approximate surface area is 312 Å². The third-order valence-corrected chi connectivity index (χ3v) is 15.4. The molecule has 1 aromatic rings. The Morgan fingerprint density at radius 3 is 1.72 bits per heavy atom. The number of unbranched alkanes of at least 4 members (excludes halogenated alkanes) is 16. The number of H-pyrrole nitrogens is 1. The molecule has 0 saturated heterocycles. The molecule has 0 saturated carbocycles. The van der Waals surface area contributed by atoms with Crippen molar-refractivity contribution in [3.05, 3.63) is 44.8 Å². The number of ether oxygens (including phenoxy) is 1. The lowest BCUT2D eigenvalue weighted by molar-refractivity contribution is -0.0105. The van der Waals surface area contributed by atoms with E-state index in [0.29, 0.717) is 25.7 Å². The van der Waals surface area contributed by atoms with Gasteiger partial charge < -0.3 is 23.9 Å². The summed E-state index contributed by atoms with van der Waals surface area (Å²) in [5.41, 5.74) is -1.13. The number of hydrogen-bond acceptors (Lipinski definition) is 12. The molecule has 2 rings (SSSR count). The second-order valence-corrected chi connectivity index (χ2v) is 20.2. The number of rotatable bonds is 31. The molecule has 4 unspecified atom stereocenters. The molecule has 1 aromatic heterocycles. The summed E-state index contributed by atoms with van der Waals surface area (Å²) >= 11 is 0. The third-order valence-electron chi connectivity index (χ3n) is 8.34. The third kappa shape index (κ3) is 20.6. The molecule has 17 nitrogen and oxygen atoms in total. The van der Waals surface area contributed by atoms with Crippen LogP contribution in [-0.2, 0) is 45.0 Å². The second-order valence-electron chi connectivity index (χ2n) is 13.2. The van der Waals surface area contributed by atoms with E-state index in [-0.39, 0.29) is 18.3 Å². The van der Waals surface area contributed by atoms with Gasteiger partial charge in [0.1, 0.15) is 6.10 Å². The molecule has 0 aliphatic carbocycles. The SMILES string of the molecule is CCCCCCCCCCCCCCCCCCP(=O)(OCCCC)OP(=O)(O)OP(=O)(O)OP(=O)(O)OC[C@@H]1C=C[C@H](n2cc(C)c(=O)[nH]c2=O)O1. The minimum atomic E-state index is -5.85. The lowest BCUT2D eigenvalue weighted by Gasteiger charge is -2.23. The molecule has 0 radical (unpaired) electrons. The van der Waals surface area contributed by atoms with Crippen molar-refractivity contribution in [3.8, 4) is 0 Å². The van der Waals surface area contributed by atoms with Gasteiger partial charge in [-0.2, -0.15) is 8.62 Å². The number of nitrogens with zero attached hydrogens (tertiary/aromatic N) is 1. The first-order valence-electron chi connectivity index (χ1n) is 18.7. The van der Waals surface area contributed by atoms with Gasteiger partial charge in [0.05, 0.1) is 19.4 Å². The van der Waals surface area contributed by atoms with Crippen molar-refractivity contribution in [1.82, 2.24) is 9.55 Å². The fourth-order valence-corrected chi connectivity index (χ4v) is 11.8. The van der Waals surface area contributed by atoms with Gasteiger partial charge in [-0.1, -0.05) is 123 Å². The average molecular weight is 837 g/mol. The molecule has 0 spiro atoms. The monoisotopic (exact) mass is 836 g/mol. The Morgan fingerprint density at radius 2 is 1.17 bits per heavy atom. The number of nitrogens with one attached hydrogen (secondary N) is 1. The first kappa shape index (κ1) is 48.1. The smallest absolute Gasteiger partial charge is 0.344 e. The fraction of sp³-hybridized carbons (Fsp3) is 0.812. The predicted molar refractivity (Wildman–Crippen MR) is 201 cm³/mol. The van der Waals surface area contributed by atoms with Crippen LogP contribution in [0.15, 0.2) is 27.9 Å². The summed E-state index contributed by atoms with van der Waals surface area (Å²) in [6, 6.07) is 0. The van der Waals surface area contributed by atoms with Gasteiger partial charge in [0.15, 0.2) is 6.23 Å². The van der Waals surface area contributed by atoms with Crippen molar-refractivity contribution in [2.75, 3.05) is 19.4 Å². The minimum Gasteiger partial charge on any atom is -0.344 e. The van der Waals surface area contributed by atoms with Gasteiger partial charge in [-0.3, -0.25) is 23.4 Å². The standard InChI is InChI=1S/C32H60N2O15P4/c1-4-6-8-9-10-11-12-13-14-15-16-17-18-19-20-21-25-50(37,44-24-7-5-2)47-52(40,41)49-53(42,43)48-51(38,39)45-27-29-22-23-30(46-29)34-26-28(3)31(35)33-32(34)36/h22-23,26,29-30H,4-21,24-25,27H2,1-3H3,(H,38,39)(H,40,41)(H,42,43)(H,33,35,36)/t29-,30+,50?/m0/s1. The molecule has 0 aromatic carbocycles. The summed E-state index contributed by atoms with van der Waals surface area (Å²) < 4.78 is 80.7. The summed E-state index contributed by atoms with van der Waals surface area (Å²) in [6.45, 7) is 4.74. The summed E-state index contributed by atoms with van der Waals surface area (Å²) in [5, 5.41) is 0. The van der Waals surface area contributed by atoms with Crippen LogP contribution >= 0.6 is 31.1 Å². The quantitative estimate of drug-likeness (QED) is 0.0310. The molecule has 53 heavy (non-hydrogen) atoms. The predicted octanol–water partition coefficient (Wildman–Crippen LogP) is 8.94. The molecular weight excluding hydrogens is 776 g/mol. The van der Waals surface area contributed by atoms with Gasteiger partial charge >= 0.3 is 36.8 Å². The zero-order valence-electron chi connectivity index (χ0n) is 31.2. The number of phosphoric acid groups is 3. The van der Waals surface area contributed by atoms with Crippen molar-refractivity contribution >= 4 is 31.1 Å². The van der Waals surface area contributed by atoms with E-state index in [2.05, 4.69) is 20.5 Å². The first-order chi connectivity index (χ1) is 25.0. The molecule has 2 heterocycles. The van der Waals surface area contributed by atoms with E-state index in [4.69, 9.17) is 18.1 Å². The molecule has 0 bridgehead atoms. The van der Waals surface area contributed by atoms with Crippen LogP contribution in [0.3, 0.4) is 0 Å². The highest BCUT2D eigenvalue weighted by atomic mass is 31.3. The molecule has 308 valence electrons. The number of hydrogen-bond donors (Lipinski definition) is 4. The van der Waals surface area contributed by atoms with Crippen LogP contribution < -0.4 is 11.2 Å². The van der Waals surface area contributed by atoms with Crippen LogP contribution in [-0.4, -0.2) is 49.7 Å². The van der Waals surface area contributed by atoms with E-state index < -0.39 is 61.3 Å². The van der Waals surface area contributed by atoms with Crippen molar-refractivity contribution in [2.24, 2.45) is 0 Å². The lowest BCUT2D eigenvalue weighted by Crippen LogP contribution is -2.33. The Balaban J connectivity index is 1.76. The molecule has 1 aliphatic rings. The maximum atomic E-state index is 13.4. The molecule has 0 fully saturated rings. The van der Waals surface area contributed by atoms with Gasteiger partial charge in [0.25, 0.3) is 5.56 Å². The highest BCUT2D eigenvalue weighted by Crippen LogP contribution is 2.72. The van der Waals surface area contributed by atoms with Gasteiger partial charge in [0.2, 0.25) is 0 Å². The second kappa shape index (κ2) is 24.6. The summed E-state index contributed by atoms with van der Waals surface area (Å²) in [7, 11) is -21.3. The van der Waals surface area contributed by atoms with Gasteiger partial charge in [-0.05, 0) is 25.8 Å². The van der Waals surface area contributed by atoms with Crippen molar-refractivity contribution in [1.29, 1.82) is 0 Å². The van der Waals surface area contributed by atoms with Crippen LogP contribution in [0, 0.1) is 6.92 Å². The number of phosphoric ester groups is 1. The van der Waals surface area contributed by atoms with E-state index >= 15 is 0 Å². The fourth-order valence-electron chi connectivity index (χ4n) is 5.49. The Bertz CT molecular complexity index is 1570. The molecule has 0 amide bonds. The number of aromatic amines is 1.